The second-order valence-electron chi connectivity index (χ2n) is 7.92. The quantitative estimate of drug-likeness (QED) is 0.163. The SMILES string of the molecule is Cc1ccc2oc(-c3cc(N=Cc4ccc(OC(=O)c5ccc(Cl)cc5)cc4)ccc3O)nc2c1. The molecule has 0 unspecified atom stereocenters. The number of esters is 1. The lowest BCUT2D eigenvalue weighted by molar-refractivity contribution is 0.0734. The summed E-state index contributed by atoms with van der Waals surface area (Å²) in [6.45, 7) is 1.98. The number of phenolic OH excluding ortho intramolecular Hbond substituents is 1. The number of ether oxygens (including phenoxy) is 1. The Morgan fingerprint density at radius 2 is 1.77 bits per heavy atom. The number of aromatic nitrogens is 1. The number of fused-ring (bicyclic) bond motifs is 1. The summed E-state index contributed by atoms with van der Waals surface area (Å²) in [6.07, 6.45) is 1.68. The smallest absolute Gasteiger partial charge is 0.343 e. The van der Waals surface area contributed by atoms with Gasteiger partial charge in [-0.2, -0.15) is 0 Å². The number of rotatable bonds is 5. The number of aryl methyl sites for hydroxylation is 1. The van der Waals surface area contributed by atoms with Crippen molar-refractivity contribution in [3.8, 4) is 23.0 Å². The maximum atomic E-state index is 12.2. The normalized spacial score (nSPS) is 11.3. The van der Waals surface area contributed by atoms with Gasteiger partial charge in [0.1, 0.15) is 17.0 Å². The Bertz CT molecular complexity index is 1560. The minimum absolute atomic E-state index is 0.0547. The van der Waals surface area contributed by atoms with Crippen molar-refractivity contribution in [1.29, 1.82) is 0 Å². The van der Waals surface area contributed by atoms with Gasteiger partial charge in [0.2, 0.25) is 5.89 Å². The molecule has 0 bridgehead atoms. The number of aliphatic imine (C=N–C) groups is 1. The molecule has 0 amide bonds. The minimum Gasteiger partial charge on any atom is -0.507 e. The molecule has 0 saturated carbocycles. The van der Waals surface area contributed by atoms with Gasteiger partial charge < -0.3 is 14.3 Å². The molecule has 7 heteroatoms. The average molecular weight is 483 g/mol. The third kappa shape index (κ3) is 5.08. The molecule has 1 N–H and O–H groups in total. The Balaban J connectivity index is 1.31. The van der Waals surface area contributed by atoms with Gasteiger partial charge in [-0.3, -0.25) is 4.99 Å². The van der Waals surface area contributed by atoms with Crippen LogP contribution in [0.25, 0.3) is 22.6 Å². The molecule has 0 aliphatic rings. The van der Waals surface area contributed by atoms with Crippen molar-refractivity contribution in [2.45, 2.75) is 6.92 Å². The van der Waals surface area contributed by atoms with Gasteiger partial charge in [0, 0.05) is 11.2 Å². The Morgan fingerprint density at radius 1 is 1.00 bits per heavy atom. The zero-order valence-electron chi connectivity index (χ0n) is 18.6. The van der Waals surface area contributed by atoms with Crippen molar-refractivity contribution in [3.05, 3.63) is 107 Å². The number of benzene rings is 4. The van der Waals surface area contributed by atoms with Crippen molar-refractivity contribution in [2.75, 3.05) is 0 Å². The Hall–Kier alpha value is -4.42. The number of hydrogen-bond acceptors (Lipinski definition) is 6. The van der Waals surface area contributed by atoms with Crippen LogP contribution in [0.1, 0.15) is 21.5 Å². The van der Waals surface area contributed by atoms with Crippen molar-refractivity contribution in [2.24, 2.45) is 4.99 Å². The van der Waals surface area contributed by atoms with Gasteiger partial charge >= 0.3 is 5.97 Å². The highest BCUT2D eigenvalue weighted by atomic mass is 35.5. The monoisotopic (exact) mass is 482 g/mol. The summed E-state index contributed by atoms with van der Waals surface area (Å²) in [4.78, 5) is 21.2. The van der Waals surface area contributed by atoms with Crippen molar-refractivity contribution in [1.82, 2.24) is 4.98 Å². The van der Waals surface area contributed by atoms with Gasteiger partial charge in [-0.25, -0.2) is 9.78 Å². The molecule has 0 aliphatic carbocycles. The summed E-state index contributed by atoms with van der Waals surface area (Å²) in [5, 5.41) is 10.9. The number of oxazole rings is 1. The largest absolute Gasteiger partial charge is 0.507 e. The van der Waals surface area contributed by atoms with Crippen molar-refractivity contribution < 1.29 is 19.1 Å². The molecule has 0 aliphatic heterocycles. The van der Waals surface area contributed by atoms with Gasteiger partial charge in [-0.05, 0) is 96.9 Å². The van der Waals surface area contributed by atoms with Gasteiger partial charge in [0.15, 0.2) is 5.58 Å². The van der Waals surface area contributed by atoms with E-state index in [4.69, 9.17) is 20.8 Å². The number of nitrogens with zero attached hydrogens (tertiary/aromatic N) is 2. The van der Waals surface area contributed by atoms with E-state index in [-0.39, 0.29) is 5.75 Å². The van der Waals surface area contributed by atoms with Crippen molar-refractivity contribution in [3.63, 3.8) is 0 Å². The maximum Gasteiger partial charge on any atom is 0.343 e. The van der Waals surface area contributed by atoms with Gasteiger partial charge in [-0.1, -0.05) is 17.7 Å². The second-order valence-corrected chi connectivity index (χ2v) is 8.35. The number of aromatic hydroxyl groups is 1. The maximum absolute atomic E-state index is 12.2. The van der Waals surface area contributed by atoms with E-state index in [0.717, 1.165) is 16.6 Å². The Labute approximate surface area is 206 Å². The van der Waals surface area contributed by atoms with Gasteiger partial charge in [-0.15, -0.1) is 0 Å². The number of halogens is 1. The summed E-state index contributed by atoms with van der Waals surface area (Å²) in [7, 11) is 0. The zero-order valence-corrected chi connectivity index (χ0v) is 19.4. The standard InChI is InChI=1S/C28H19ClN2O4/c1-17-2-13-26-24(14-17)31-27(35-26)23-15-21(9-12-25(23)32)30-16-18-3-10-22(11-4-18)34-28(33)19-5-7-20(29)8-6-19/h2-16,32H,1H3. The van der Waals surface area contributed by atoms with Crippen LogP contribution in [0.5, 0.6) is 11.5 Å². The van der Waals surface area contributed by atoms with E-state index in [1.807, 2.05) is 25.1 Å². The van der Waals surface area contributed by atoms with Crippen LogP contribution in [0, 0.1) is 6.92 Å². The molecule has 1 aromatic heterocycles. The van der Waals surface area contributed by atoms with E-state index in [2.05, 4.69) is 9.98 Å². The lowest BCUT2D eigenvalue weighted by atomic mass is 10.1. The molecular formula is C28H19ClN2O4. The first-order valence-corrected chi connectivity index (χ1v) is 11.1. The number of carbonyl (C=O) groups excluding carboxylic acids is 1. The number of hydrogen-bond donors (Lipinski definition) is 1. The molecule has 0 fully saturated rings. The van der Waals surface area contributed by atoms with E-state index in [1.54, 1.807) is 72.9 Å². The fourth-order valence-corrected chi connectivity index (χ4v) is 3.58. The molecular weight excluding hydrogens is 464 g/mol. The molecule has 172 valence electrons. The zero-order chi connectivity index (χ0) is 24.4. The van der Waals surface area contributed by atoms with E-state index in [0.29, 0.717) is 39.1 Å². The molecule has 6 nitrogen and oxygen atoms in total. The van der Waals surface area contributed by atoms with Gasteiger partial charge in [0.05, 0.1) is 16.8 Å². The summed E-state index contributed by atoms with van der Waals surface area (Å²) >= 11 is 5.85. The summed E-state index contributed by atoms with van der Waals surface area (Å²) in [6, 6.07) is 24.2. The van der Waals surface area contributed by atoms with Crippen LogP contribution in [0.3, 0.4) is 0 Å². The molecule has 4 aromatic carbocycles. The molecule has 0 atom stereocenters. The predicted octanol–water partition coefficient (Wildman–Crippen LogP) is 7.13. The summed E-state index contributed by atoms with van der Waals surface area (Å²) in [5.74, 6) is 0.334. The first-order valence-electron chi connectivity index (χ1n) is 10.8. The lowest BCUT2D eigenvalue weighted by Crippen LogP contribution is -2.08. The topological polar surface area (TPSA) is 84.9 Å². The van der Waals surface area contributed by atoms with Crippen LogP contribution >= 0.6 is 11.6 Å². The van der Waals surface area contributed by atoms with E-state index in [9.17, 15) is 9.90 Å². The average Bonchev–Trinajstić information content (AvgIpc) is 3.27. The van der Waals surface area contributed by atoms with Crippen LogP contribution < -0.4 is 4.74 Å². The Morgan fingerprint density at radius 3 is 2.54 bits per heavy atom. The second kappa shape index (κ2) is 9.44. The molecule has 1 heterocycles. The molecule has 0 radical (unpaired) electrons. The lowest BCUT2D eigenvalue weighted by Gasteiger charge is -2.05. The van der Waals surface area contributed by atoms with Crippen LogP contribution in [0.4, 0.5) is 5.69 Å². The van der Waals surface area contributed by atoms with Crippen molar-refractivity contribution >= 4 is 40.6 Å². The number of carbonyl (C=O) groups is 1. The Kier molecular flexibility index (Phi) is 6.04. The first-order chi connectivity index (χ1) is 16.9. The first kappa shape index (κ1) is 22.4. The minimum atomic E-state index is -0.464. The van der Waals surface area contributed by atoms with Gasteiger partial charge in [0.25, 0.3) is 0 Å². The van der Waals surface area contributed by atoms with Crippen LogP contribution in [0.15, 0.2) is 94.3 Å². The van der Waals surface area contributed by atoms with Crippen LogP contribution in [-0.4, -0.2) is 22.3 Å². The molecule has 0 saturated heterocycles. The molecule has 0 spiro atoms. The highest BCUT2D eigenvalue weighted by Gasteiger charge is 2.13. The van der Waals surface area contributed by atoms with Crippen LogP contribution in [0.2, 0.25) is 5.02 Å². The highest BCUT2D eigenvalue weighted by molar-refractivity contribution is 6.30. The van der Waals surface area contributed by atoms with E-state index >= 15 is 0 Å². The fraction of sp³-hybridized carbons (Fsp3) is 0.0357. The van der Waals surface area contributed by atoms with Crippen LogP contribution in [-0.2, 0) is 0 Å². The molecule has 5 aromatic rings. The highest BCUT2D eigenvalue weighted by Crippen LogP contribution is 2.34. The summed E-state index contributed by atoms with van der Waals surface area (Å²) in [5.41, 5.74) is 4.75. The fourth-order valence-electron chi connectivity index (χ4n) is 3.45. The number of phenols is 1. The predicted molar refractivity (Wildman–Crippen MR) is 136 cm³/mol. The third-order valence-electron chi connectivity index (χ3n) is 5.29. The summed E-state index contributed by atoms with van der Waals surface area (Å²) < 4.78 is 11.2. The van der Waals surface area contributed by atoms with E-state index in [1.165, 1.54) is 0 Å². The molecule has 5 rings (SSSR count). The third-order valence-corrected chi connectivity index (χ3v) is 5.54. The molecule has 35 heavy (non-hydrogen) atoms. The van der Waals surface area contributed by atoms with E-state index < -0.39 is 5.97 Å².